The second kappa shape index (κ2) is 7.52. The molecule has 6 heteroatoms. The fraction of sp³-hybridized carbons (Fsp3) is 0.176. The van der Waals surface area contributed by atoms with Gasteiger partial charge in [0.2, 0.25) is 5.91 Å². The third-order valence-corrected chi connectivity index (χ3v) is 3.50. The van der Waals surface area contributed by atoms with Gasteiger partial charge in [0.25, 0.3) is 0 Å². The number of ether oxygens (including phenoxy) is 2. The number of benzene rings is 2. The lowest BCUT2D eigenvalue weighted by Gasteiger charge is -2.10. The van der Waals surface area contributed by atoms with Crippen molar-refractivity contribution in [1.29, 1.82) is 5.26 Å². The molecule has 0 radical (unpaired) electrons. The maximum absolute atomic E-state index is 12.1. The van der Waals surface area contributed by atoms with Crippen LogP contribution in [-0.4, -0.2) is 20.1 Å². The van der Waals surface area contributed by atoms with Crippen molar-refractivity contribution in [2.45, 2.75) is 6.42 Å². The monoisotopic (exact) mass is 330 g/mol. The minimum Gasteiger partial charge on any atom is -0.493 e. The van der Waals surface area contributed by atoms with Crippen molar-refractivity contribution in [2.75, 3.05) is 19.5 Å². The lowest BCUT2D eigenvalue weighted by atomic mass is 10.1. The largest absolute Gasteiger partial charge is 0.493 e. The summed E-state index contributed by atoms with van der Waals surface area (Å²) < 4.78 is 10.4. The fourth-order valence-corrected chi connectivity index (χ4v) is 2.29. The lowest BCUT2D eigenvalue weighted by molar-refractivity contribution is -0.115. The molecule has 0 saturated carbocycles. The van der Waals surface area contributed by atoms with E-state index < -0.39 is 0 Å². The molecule has 0 fully saturated rings. The Morgan fingerprint density at radius 1 is 1.17 bits per heavy atom. The van der Waals surface area contributed by atoms with Crippen molar-refractivity contribution < 1.29 is 14.3 Å². The summed E-state index contributed by atoms with van der Waals surface area (Å²) in [6, 6.07) is 12.0. The number of methoxy groups -OCH3 is 2. The van der Waals surface area contributed by atoms with E-state index in [1.54, 1.807) is 50.6 Å². The number of hydrogen-bond donors (Lipinski definition) is 1. The van der Waals surface area contributed by atoms with E-state index in [-0.39, 0.29) is 12.3 Å². The Labute approximate surface area is 139 Å². The molecular formula is C17H15ClN2O3. The van der Waals surface area contributed by atoms with E-state index in [1.807, 2.05) is 6.07 Å². The molecule has 0 heterocycles. The SMILES string of the molecule is COc1ccc(CC(=O)Nc2ccc(C#N)c(Cl)c2)cc1OC. The first-order valence-corrected chi connectivity index (χ1v) is 7.15. The number of rotatable bonds is 5. The Kier molecular flexibility index (Phi) is 5.45. The van der Waals surface area contributed by atoms with Gasteiger partial charge in [0.15, 0.2) is 11.5 Å². The Hall–Kier alpha value is -2.71. The van der Waals surface area contributed by atoms with Crippen LogP contribution in [0.3, 0.4) is 0 Å². The van der Waals surface area contributed by atoms with Crippen molar-refractivity contribution in [1.82, 2.24) is 0 Å². The van der Waals surface area contributed by atoms with E-state index in [9.17, 15) is 4.79 Å². The Bertz CT molecular complexity index is 769. The highest BCUT2D eigenvalue weighted by Crippen LogP contribution is 2.28. The zero-order valence-electron chi connectivity index (χ0n) is 12.7. The number of nitriles is 1. The number of hydrogen-bond acceptors (Lipinski definition) is 4. The van der Waals surface area contributed by atoms with E-state index in [0.717, 1.165) is 5.56 Å². The molecule has 0 spiro atoms. The van der Waals surface area contributed by atoms with Crippen LogP contribution in [0.25, 0.3) is 0 Å². The lowest BCUT2D eigenvalue weighted by Crippen LogP contribution is -2.14. The summed E-state index contributed by atoms with van der Waals surface area (Å²) in [7, 11) is 3.10. The van der Waals surface area contributed by atoms with E-state index >= 15 is 0 Å². The first-order valence-electron chi connectivity index (χ1n) is 6.77. The quantitative estimate of drug-likeness (QED) is 0.912. The van der Waals surface area contributed by atoms with Crippen LogP contribution in [-0.2, 0) is 11.2 Å². The zero-order chi connectivity index (χ0) is 16.8. The molecule has 0 saturated heterocycles. The van der Waals surface area contributed by atoms with Gasteiger partial charge in [-0.25, -0.2) is 0 Å². The maximum atomic E-state index is 12.1. The Morgan fingerprint density at radius 3 is 2.52 bits per heavy atom. The van der Waals surface area contributed by atoms with Crippen LogP contribution in [0, 0.1) is 11.3 Å². The fourth-order valence-electron chi connectivity index (χ4n) is 2.06. The molecular weight excluding hydrogens is 316 g/mol. The van der Waals surface area contributed by atoms with Crippen molar-refractivity contribution >= 4 is 23.2 Å². The summed E-state index contributed by atoms with van der Waals surface area (Å²) in [5.74, 6) is 0.979. The van der Waals surface area contributed by atoms with E-state index in [2.05, 4.69) is 5.32 Å². The molecule has 2 rings (SSSR count). The Balaban J connectivity index is 2.08. The maximum Gasteiger partial charge on any atom is 0.228 e. The number of nitrogens with one attached hydrogen (secondary N) is 1. The molecule has 0 aliphatic carbocycles. The van der Waals surface area contributed by atoms with Crippen molar-refractivity contribution in [3.63, 3.8) is 0 Å². The molecule has 118 valence electrons. The minimum atomic E-state index is -0.196. The summed E-state index contributed by atoms with van der Waals surface area (Å²) >= 11 is 5.94. The average Bonchev–Trinajstić information content (AvgIpc) is 2.54. The van der Waals surface area contributed by atoms with Gasteiger partial charge >= 0.3 is 0 Å². The Morgan fingerprint density at radius 2 is 1.91 bits per heavy atom. The highest BCUT2D eigenvalue weighted by molar-refractivity contribution is 6.32. The molecule has 0 unspecified atom stereocenters. The van der Waals surface area contributed by atoms with Gasteiger partial charge in [-0.15, -0.1) is 0 Å². The van der Waals surface area contributed by atoms with Crippen molar-refractivity contribution in [2.24, 2.45) is 0 Å². The molecule has 0 aliphatic heterocycles. The average molecular weight is 331 g/mol. The van der Waals surface area contributed by atoms with Gasteiger partial charge in [-0.1, -0.05) is 17.7 Å². The van der Waals surface area contributed by atoms with Crippen LogP contribution in [0.5, 0.6) is 11.5 Å². The molecule has 1 N–H and O–H groups in total. The zero-order valence-corrected chi connectivity index (χ0v) is 13.5. The summed E-state index contributed by atoms with van der Waals surface area (Å²) in [4.78, 5) is 12.1. The normalized spacial score (nSPS) is 9.83. The summed E-state index contributed by atoms with van der Waals surface area (Å²) in [6.07, 6.45) is 0.179. The van der Waals surface area contributed by atoms with Crippen LogP contribution >= 0.6 is 11.6 Å². The van der Waals surface area contributed by atoms with Crippen molar-refractivity contribution in [3.05, 3.63) is 52.5 Å². The summed E-state index contributed by atoms with van der Waals surface area (Å²) in [6.45, 7) is 0. The molecule has 1 amide bonds. The molecule has 0 atom stereocenters. The van der Waals surface area contributed by atoms with Gasteiger partial charge in [0.05, 0.1) is 31.2 Å². The number of nitrogens with zero attached hydrogens (tertiary/aromatic N) is 1. The predicted molar refractivity (Wildman–Crippen MR) is 88.0 cm³/mol. The second-order valence-electron chi connectivity index (χ2n) is 4.72. The van der Waals surface area contributed by atoms with Gasteiger partial charge < -0.3 is 14.8 Å². The molecule has 2 aromatic rings. The van der Waals surface area contributed by atoms with Crippen LogP contribution < -0.4 is 14.8 Å². The van der Waals surface area contributed by atoms with Gasteiger partial charge in [-0.3, -0.25) is 4.79 Å². The van der Waals surface area contributed by atoms with E-state index in [4.69, 9.17) is 26.3 Å². The van der Waals surface area contributed by atoms with Crippen molar-refractivity contribution in [3.8, 4) is 17.6 Å². The third-order valence-electron chi connectivity index (χ3n) is 3.19. The first-order chi connectivity index (χ1) is 11.1. The van der Waals surface area contributed by atoms with Gasteiger partial charge in [-0.2, -0.15) is 5.26 Å². The van der Waals surface area contributed by atoms with Crippen LogP contribution in [0.2, 0.25) is 5.02 Å². The second-order valence-corrected chi connectivity index (χ2v) is 5.13. The number of halogens is 1. The topological polar surface area (TPSA) is 71.3 Å². The molecule has 2 aromatic carbocycles. The van der Waals surface area contributed by atoms with Gasteiger partial charge in [0.1, 0.15) is 6.07 Å². The number of anilines is 1. The van der Waals surface area contributed by atoms with Gasteiger partial charge in [0, 0.05) is 5.69 Å². The third kappa shape index (κ3) is 4.15. The van der Waals surface area contributed by atoms with Crippen LogP contribution in [0.1, 0.15) is 11.1 Å². The van der Waals surface area contributed by atoms with Gasteiger partial charge in [-0.05, 0) is 35.9 Å². The minimum absolute atomic E-state index is 0.179. The molecule has 0 bridgehead atoms. The molecule has 5 nitrogen and oxygen atoms in total. The number of carbonyl (C=O) groups is 1. The molecule has 0 aliphatic rings. The van der Waals surface area contributed by atoms with E-state index in [1.165, 1.54) is 0 Å². The van der Waals surface area contributed by atoms with Crippen LogP contribution in [0.4, 0.5) is 5.69 Å². The highest BCUT2D eigenvalue weighted by Gasteiger charge is 2.09. The highest BCUT2D eigenvalue weighted by atomic mass is 35.5. The smallest absolute Gasteiger partial charge is 0.228 e. The standard InChI is InChI=1S/C17H15ClN2O3/c1-22-15-6-3-11(7-16(15)23-2)8-17(21)20-13-5-4-12(10-19)14(18)9-13/h3-7,9H,8H2,1-2H3,(H,20,21). The molecule has 0 aromatic heterocycles. The number of amides is 1. The first kappa shape index (κ1) is 16.7. The summed E-state index contributed by atoms with van der Waals surface area (Å²) in [5, 5.41) is 11.9. The number of carbonyl (C=O) groups excluding carboxylic acids is 1. The molecule has 23 heavy (non-hydrogen) atoms. The summed E-state index contributed by atoms with van der Waals surface area (Å²) in [5.41, 5.74) is 1.70. The van der Waals surface area contributed by atoms with E-state index in [0.29, 0.717) is 27.8 Å². The predicted octanol–water partition coefficient (Wildman–Crippen LogP) is 3.41. The van der Waals surface area contributed by atoms with Crippen LogP contribution in [0.15, 0.2) is 36.4 Å².